The second-order valence-corrected chi connectivity index (χ2v) is 7.89. The van der Waals surface area contributed by atoms with Gasteiger partial charge in [0.15, 0.2) is 7.80 Å². The van der Waals surface area contributed by atoms with Gasteiger partial charge in [-0.05, 0) is 40.1 Å². The van der Waals surface area contributed by atoms with Crippen molar-refractivity contribution in [2.75, 3.05) is 7.11 Å². The van der Waals surface area contributed by atoms with Gasteiger partial charge in [-0.1, -0.05) is 72.8 Å². The van der Waals surface area contributed by atoms with Crippen LogP contribution in [0.25, 0.3) is 21.9 Å². The molecule has 3 nitrogen and oxygen atoms in total. The molecule has 4 aromatic carbocycles. The van der Waals surface area contributed by atoms with Crippen LogP contribution in [-0.4, -0.2) is 12.6 Å². The average molecular weight is 385 g/mol. The minimum Gasteiger partial charge on any atom is -0.496 e. The summed E-state index contributed by atoms with van der Waals surface area (Å²) >= 11 is 0. The molecular weight excluding hydrogens is 367 g/mol. The van der Waals surface area contributed by atoms with Crippen LogP contribution < -0.4 is 10.0 Å². The molecule has 0 aromatic heterocycles. The van der Waals surface area contributed by atoms with E-state index in [1.54, 1.807) is 18.2 Å². The van der Waals surface area contributed by atoms with E-state index in [9.17, 15) is 9.36 Å². The van der Waals surface area contributed by atoms with Crippen LogP contribution >= 0.6 is 7.80 Å². The minimum atomic E-state index is -2.26. The Bertz CT molecular complexity index is 1170. The summed E-state index contributed by atoms with van der Waals surface area (Å²) in [5, 5.41) is 2.17. The lowest BCUT2D eigenvalue weighted by atomic mass is 10.0. The summed E-state index contributed by atoms with van der Waals surface area (Å²) in [5.41, 5.74) is 2.04. The maximum Gasteiger partial charge on any atom is 0.250 e. The first-order chi connectivity index (χ1) is 13.7. The summed E-state index contributed by atoms with van der Waals surface area (Å²) in [4.78, 5) is 13.1. The highest BCUT2D eigenvalue weighted by atomic mass is 31.1. The molecular formula is C24H18O3P. The predicted molar refractivity (Wildman–Crippen MR) is 114 cm³/mol. The first-order valence-electron chi connectivity index (χ1n) is 8.92. The van der Waals surface area contributed by atoms with E-state index in [1.807, 2.05) is 72.8 Å². The normalized spacial score (nSPS) is 11.2. The van der Waals surface area contributed by atoms with E-state index in [-0.39, 0.29) is 0 Å². The summed E-state index contributed by atoms with van der Waals surface area (Å²) in [6.45, 7) is 0. The lowest BCUT2D eigenvalue weighted by Crippen LogP contribution is -2.06. The first kappa shape index (κ1) is 18.1. The maximum absolute atomic E-state index is 13.1. The van der Waals surface area contributed by atoms with Crippen LogP contribution in [0.5, 0.6) is 5.75 Å². The lowest BCUT2D eigenvalue weighted by Gasteiger charge is -2.11. The Labute approximate surface area is 164 Å². The van der Waals surface area contributed by atoms with Gasteiger partial charge in [0.05, 0.1) is 12.7 Å². The summed E-state index contributed by atoms with van der Waals surface area (Å²) in [7, 11) is -0.742. The number of hydrogen-bond acceptors (Lipinski definition) is 3. The van der Waals surface area contributed by atoms with Crippen molar-refractivity contribution in [1.82, 2.24) is 0 Å². The molecule has 1 radical (unpaired) electrons. The highest BCUT2D eigenvalue weighted by molar-refractivity contribution is 7.71. The molecule has 4 heteroatoms. The summed E-state index contributed by atoms with van der Waals surface area (Å²) < 4.78 is 18.4. The molecule has 1 unspecified atom stereocenters. The van der Waals surface area contributed by atoms with Gasteiger partial charge in [-0.25, -0.2) is 0 Å². The first-order valence-corrected chi connectivity index (χ1v) is 10.2. The van der Waals surface area contributed by atoms with Gasteiger partial charge in [-0.2, -0.15) is 0 Å². The monoisotopic (exact) mass is 385 g/mol. The van der Waals surface area contributed by atoms with E-state index in [0.717, 1.165) is 21.9 Å². The third-order valence-corrected chi connectivity index (χ3v) is 6.08. The van der Waals surface area contributed by atoms with Crippen molar-refractivity contribution in [3.63, 3.8) is 0 Å². The van der Waals surface area contributed by atoms with E-state index < -0.39 is 13.3 Å². The third-order valence-electron chi connectivity index (χ3n) is 4.72. The van der Waals surface area contributed by atoms with Gasteiger partial charge in [-0.15, -0.1) is 0 Å². The van der Waals surface area contributed by atoms with Gasteiger partial charge in [0.25, 0.3) is 5.52 Å². The van der Waals surface area contributed by atoms with E-state index in [2.05, 4.69) is 0 Å². The number of fused-ring (bicyclic) bond motifs is 1. The van der Waals surface area contributed by atoms with Crippen molar-refractivity contribution in [1.29, 1.82) is 0 Å². The molecule has 0 aliphatic rings. The Morgan fingerprint density at radius 1 is 0.750 bits per heavy atom. The van der Waals surface area contributed by atoms with Crippen molar-refractivity contribution < 1.29 is 14.1 Å². The fourth-order valence-electron chi connectivity index (χ4n) is 3.28. The van der Waals surface area contributed by atoms with E-state index in [4.69, 9.17) is 4.74 Å². The molecule has 0 saturated carbocycles. The van der Waals surface area contributed by atoms with Gasteiger partial charge in [0, 0.05) is 5.30 Å². The molecule has 0 N–H and O–H groups in total. The zero-order chi connectivity index (χ0) is 19.5. The number of ether oxygens (including phenoxy) is 1. The van der Waals surface area contributed by atoms with Crippen LogP contribution in [0, 0.1) is 0 Å². The Balaban J connectivity index is 1.71. The zero-order valence-electron chi connectivity index (χ0n) is 15.3. The molecule has 0 saturated heterocycles. The van der Waals surface area contributed by atoms with E-state index in [1.165, 1.54) is 7.11 Å². The molecule has 0 bridgehead atoms. The molecule has 0 heterocycles. The highest BCUT2D eigenvalue weighted by Crippen LogP contribution is 2.36. The Hall–Kier alpha value is -3.29. The predicted octanol–water partition coefficient (Wildman–Crippen LogP) is 5.81. The third kappa shape index (κ3) is 3.33. The van der Waals surface area contributed by atoms with Crippen molar-refractivity contribution >= 4 is 29.4 Å². The smallest absolute Gasteiger partial charge is 0.250 e. The van der Waals surface area contributed by atoms with Crippen molar-refractivity contribution in [2.24, 2.45) is 0 Å². The highest BCUT2D eigenvalue weighted by Gasteiger charge is 2.23. The molecule has 137 valence electrons. The number of rotatable bonds is 5. The van der Waals surface area contributed by atoms with Gasteiger partial charge in [0.2, 0.25) is 0 Å². The molecule has 0 fully saturated rings. The van der Waals surface area contributed by atoms with Gasteiger partial charge in [-0.3, -0.25) is 9.36 Å². The molecule has 0 aliphatic carbocycles. The van der Waals surface area contributed by atoms with E-state index >= 15 is 0 Å². The van der Waals surface area contributed by atoms with Crippen LogP contribution in [0.1, 0.15) is 10.4 Å². The van der Waals surface area contributed by atoms with Crippen LogP contribution in [0.2, 0.25) is 0 Å². The SMILES string of the molecule is COc1ccc2ccccc2c1C(=O)[P](=O)c1ccc(-c2ccccc2)cc1. The number of carbonyl (C=O) groups is 1. The lowest BCUT2D eigenvalue weighted by molar-refractivity contribution is 0.107. The second kappa shape index (κ2) is 7.75. The van der Waals surface area contributed by atoms with Crippen molar-refractivity contribution in [3.8, 4) is 16.9 Å². The van der Waals surface area contributed by atoms with Gasteiger partial charge >= 0.3 is 0 Å². The van der Waals surface area contributed by atoms with Gasteiger partial charge < -0.3 is 4.74 Å². The minimum absolute atomic E-state index is 0.369. The molecule has 0 amide bonds. The summed E-state index contributed by atoms with van der Waals surface area (Å²) in [5.74, 6) is 0.438. The van der Waals surface area contributed by atoms with Crippen LogP contribution in [0.4, 0.5) is 0 Å². The molecule has 1 atom stereocenters. The molecule has 4 aromatic rings. The summed E-state index contributed by atoms with van der Waals surface area (Å²) in [6.07, 6.45) is 0. The molecule has 0 spiro atoms. The van der Waals surface area contributed by atoms with E-state index in [0.29, 0.717) is 16.6 Å². The number of carbonyl (C=O) groups excluding carboxylic acids is 1. The Kier molecular flexibility index (Phi) is 5.01. The average Bonchev–Trinajstić information content (AvgIpc) is 2.78. The molecule has 28 heavy (non-hydrogen) atoms. The summed E-state index contributed by atoms with van der Waals surface area (Å²) in [6, 6.07) is 28.4. The van der Waals surface area contributed by atoms with Crippen LogP contribution in [0.3, 0.4) is 0 Å². The molecule has 4 rings (SSSR count). The standard InChI is InChI=1S/C24H18O3P/c1-27-22-16-13-19-9-5-6-10-21(19)23(22)24(25)28(26)20-14-11-18(12-15-20)17-7-3-2-4-8-17/h2-16H,1H3. The maximum atomic E-state index is 13.1. The van der Waals surface area contributed by atoms with Crippen LogP contribution in [-0.2, 0) is 4.57 Å². The number of benzene rings is 4. The Morgan fingerprint density at radius 3 is 2.11 bits per heavy atom. The van der Waals surface area contributed by atoms with Crippen molar-refractivity contribution in [3.05, 3.63) is 96.6 Å². The van der Waals surface area contributed by atoms with Gasteiger partial charge in [0.1, 0.15) is 5.75 Å². The van der Waals surface area contributed by atoms with Crippen LogP contribution in [0.15, 0.2) is 91.0 Å². The fourth-order valence-corrected chi connectivity index (χ4v) is 4.37. The fraction of sp³-hybridized carbons (Fsp3) is 0.0417. The largest absolute Gasteiger partial charge is 0.496 e. The van der Waals surface area contributed by atoms with Crippen molar-refractivity contribution in [2.45, 2.75) is 0 Å². The Morgan fingerprint density at radius 2 is 1.39 bits per heavy atom. The number of hydrogen-bond donors (Lipinski definition) is 0. The molecule has 0 aliphatic heterocycles. The topological polar surface area (TPSA) is 43.4 Å². The number of methoxy groups -OCH3 is 1. The zero-order valence-corrected chi connectivity index (χ0v) is 16.2. The quantitative estimate of drug-likeness (QED) is 0.407. The second-order valence-electron chi connectivity index (χ2n) is 6.38.